The molecule has 0 saturated carbocycles. The minimum atomic E-state index is 0.752. The second-order valence-electron chi connectivity index (χ2n) is 4.42. The van der Waals surface area contributed by atoms with Gasteiger partial charge in [-0.1, -0.05) is 22.9 Å². The van der Waals surface area contributed by atoms with Gasteiger partial charge in [0.1, 0.15) is 5.75 Å². The van der Waals surface area contributed by atoms with E-state index < -0.39 is 0 Å². The Kier molecular flexibility index (Phi) is 7.29. The van der Waals surface area contributed by atoms with Crippen molar-refractivity contribution in [1.82, 2.24) is 0 Å². The number of unbranched alkanes of at least 4 members (excludes halogenated alkanes) is 1. The maximum Gasteiger partial charge on any atom is 0.119 e. The molecule has 0 fully saturated rings. The van der Waals surface area contributed by atoms with E-state index in [2.05, 4.69) is 35.1 Å². The van der Waals surface area contributed by atoms with Crippen molar-refractivity contribution < 1.29 is 10.1 Å². The molecule has 1 rings (SSSR count). The van der Waals surface area contributed by atoms with E-state index >= 15 is 0 Å². The average Bonchev–Trinajstić information content (AvgIpc) is 2.35. The van der Waals surface area contributed by atoms with Crippen molar-refractivity contribution in [2.24, 2.45) is 0 Å². The fraction of sp³-hybridized carbons (Fsp3) is 0.571. The molecule has 0 amide bonds. The summed E-state index contributed by atoms with van der Waals surface area (Å²) in [5, 5.41) is 2.42. The summed E-state index contributed by atoms with van der Waals surface area (Å²) in [5.74, 6) is 0.958. The van der Waals surface area contributed by atoms with Crippen LogP contribution in [0.15, 0.2) is 28.7 Å². The molecule has 2 N–H and O–H groups in total. The van der Waals surface area contributed by atoms with E-state index in [1.165, 1.54) is 19.4 Å². The quantitative estimate of drug-likeness (QED) is 0.734. The van der Waals surface area contributed by atoms with Crippen molar-refractivity contribution in [2.45, 2.75) is 39.2 Å². The summed E-state index contributed by atoms with van der Waals surface area (Å²) in [6.45, 7) is 6.53. The maximum absolute atomic E-state index is 5.66. The van der Waals surface area contributed by atoms with Gasteiger partial charge in [-0.2, -0.15) is 0 Å². The van der Waals surface area contributed by atoms with Crippen LogP contribution >= 0.6 is 15.9 Å². The molecule has 0 bridgehead atoms. The molecule has 1 aromatic rings. The maximum atomic E-state index is 5.66. The lowest BCUT2D eigenvalue weighted by Crippen LogP contribution is -2.89. The smallest absolute Gasteiger partial charge is 0.119 e. The normalized spacial score (nSPS) is 12.4. The Morgan fingerprint density at radius 1 is 1.24 bits per heavy atom. The van der Waals surface area contributed by atoms with Crippen molar-refractivity contribution in [2.75, 3.05) is 13.2 Å². The molecule has 96 valence electrons. The third kappa shape index (κ3) is 6.69. The first-order valence-corrected chi connectivity index (χ1v) is 7.23. The highest BCUT2D eigenvalue weighted by atomic mass is 79.9. The molecule has 0 saturated heterocycles. The molecular formula is C14H23BrNO+. The van der Waals surface area contributed by atoms with E-state index in [0.717, 1.165) is 29.3 Å². The Hall–Kier alpha value is -0.540. The van der Waals surface area contributed by atoms with Crippen molar-refractivity contribution >= 4 is 15.9 Å². The minimum Gasteiger partial charge on any atom is -0.494 e. The van der Waals surface area contributed by atoms with Crippen molar-refractivity contribution in [3.63, 3.8) is 0 Å². The molecule has 0 radical (unpaired) electrons. The number of hydrogen-bond donors (Lipinski definition) is 1. The van der Waals surface area contributed by atoms with Gasteiger partial charge in [0.05, 0.1) is 19.2 Å². The zero-order valence-electron chi connectivity index (χ0n) is 10.8. The number of quaternary nitrogens is 1. The van der Waals surface area contributed by atoms with Gasteiger partial charge in [0, 0.05) is 4.47 Å². The first-order valence-electron chi connectivity index (χ1n) is 6.44. The standard InChI is InChI=1S/C14H22BrNO/c1-3-12(2)16-10-4-5-11-17-14-8-6-13(15)7-9-14/h6-9,12,16H,3-5,10-11H2,1-2H3/p+1/t12-/m0/s1. The minimum absolute atomic E-state index is 0.752. The predicted molar refractivity (Wildman–Crippen MR) is 75.4 cm³/mol. The monoisotopic (exact) mass is 300 g/mol. The summed E-state index contributed by atoms with van der Waals surface area (Å²) < 4.78 is 6.75. The van der Waals surface area contributed by atoms with Crippen LogP contribution in [0.5, 0.6) is 5.75 Å². The molecule has 0 unspecified atom stereocenters. The first-order chi connectivity index (χ1) is 8.22. The molecule has 2 nitrogen and oxygen atoms in total. The van der Waals surface area contributed by atoms with Crippen LogP contribution < -0.4 is 10.1 Å². The van der Waals surface area contributed by atoms with Crippen LogP contribution in [0.25, 0.3) is 0 Å². The second-order valence-corrected chi connectivity index (χ2v) is 5.34. The fourth-order valence-electron chi connectivity index (χ4n) is 1.54. The third-order valence-electron chi connectivity index (χ3n) is 2.89. The summed E-state index contributed by atoms with van der Waals surface area (Å²) in [7, 11) is 0. The van der Waals surface area contributed by atoms with E-state index in [1.807, 2.05) is 24.3 Å². The highest BCUT2D eigenvalue weighted by Gasteiger charge is 2.00. The van der Waals surface area contributed by atoms with Gasteiger partial charge in [-0.15, -0.1) is 0 Å². The van der Waals surface area contributed by atoms with Crippen LogP contribution in [0.3, 0.4) is 0 Å². The molecule has 1 aromatic carbocycles. The Labute approximate surface area is 113 Å². The predicted octanol–water partition coefficient (Wildman–Crippen LogP) is 2.97. The van der Waals surface area contributed by atoms with Crippen LogP contribution in [0.4, 0.5) is 0 Å². The molecular weight excluding hydrogens is 278 g/mol. The Morgan fingerprint density at radius 3 is 2.59 bits per heavy atom. The van der Waals surface area contributed by atoms with Crippen LogP contribution in [-0.4, -0.2) is 19.2 Å². The van der Waals surface area contributed by atoms with Crippen LogP contribution in [0, 0.1) is 0 Å². The molecule has 0 spiro atoms. The van der Waals surface area contributed by atoms with E-state index in [-0.39, 0.29) is 0 Å². The lowest BCUT2D eigenvalue weighted by Gasteiger charge is -2.08. The summed E-state index contributed by atoms with van der Waals surface area (Å²) in [5.41, 5.74) is 0. The van der Waals surface area contributed by atoms with E-state index in [0.29, 0.717) is 0 Å². The lowest BCUT2D eigenvalue weighted by atomic mass is 10.2. The van der Waals surface area contributed by atoms with Crippen molar-refractivity contribution in [3.05, 3.63) is 28.7 Å². The van der Waals surface area contributed by atoms with Gasteiger partial charge in [0.15, 0.2) is 0 Å². The van der Waals surface area contributed by atoms with Gasteiger partial charge in [-0.05, 0) is 50.5 Å². The van der Waals surface area contributed by atoms with Gasteiger partial charge in [-0.25, -0.2) is 0 Å². The third-order valence-corrected chi connectivity index (χ3v) is 3.42. The number of rotatable bonds is 8. The van der Waals surface area contributed by atoms with Gasteiger partial charge < -0.3 is 10.1 Å². The Morgan fingerprint density at radius 2 is 1.94 bits per heavy atom. The van der Waals surface area contributed by atoms with E-state index in [9.17, 15) is 0 Å². The number of benzene rings is 1. The molecule has 17 heavy (non-hydrogen) atoms. The first kappa shape index (κ1) is 14.5. The zero-order valence-corrected chi connectivity index (χ0v) is 12.4. The highest BCUT2D eigenvalue weighted by Crippen LogP contribution is 2.16. The largest absolute Gasteiger partial charge is 0.494 e. The topological polar surface area (TPSA) is 25.8 Å². The van der Waals surface area contributed by atoms with Gasteiger partial charge in [0.25, 0.3) is 0 Å². The molecule has 3 heteroatoms. The van der Waals surface area contributed by atoms with Crippen molar-refractivity contribution in [3.8, 4) is 5.75 Å². The van der Waals surface area contributed by atoms with E-state index in [4.69, 9.17) is 4.74 Å². The Bertz CT molecular complexity index is 300. The van der Waals surface area contributed by atoms with Crippen LogP contribution in [0.2, 0.25) is 0 Å². The number of ether oxygens (including phenoxy) is 1. The molecule has 1 atom stereocenters. The Balaban J connectivity index is 2.02. The summed E-state index contributed by atoms with van der Waals surface area (Å²) in [6, 6.07) is 8.76. The van der Waals surface area contributed by atoms with Gasteiger partial charge >= 0.3 is 0 Å². The highest BCUT2D eigenvalue weighted by molar-refractivity contribution is 9.10. The van der Waals surface area contributed by atoms with Crippen LogP contribution in [0.1, 0.15) is 33.1 Å². The molecule has 0 aromatic heterocycles. The zero-order chi connectivity index (χ0) is 12.5. The molecule has 0 heterocycles. The fourth-order valence-corrected chi connectivity index (χ4v) is 1.80. The SMILES string of the molecule is CC[C@H](C)[NH2+]CCCCOc1ccc(Br)cc1. The molecule has 0 aliphatic carbocycles. The van der Waals surface area contributed by atoms with Gasteiger partial charge in [0.2, 0.25) is 0 Å². The van der Waals surface area contributed by atoms with Crippen LogP contribution in [-0.2, 0) is 0 Å². The lowest BCUT2D eigenvalue weighted by molar-refractivity contribution is -0.686. The van der Waals surface area contributed by atoms with Crippen molar-refractivity contribution in [1.29, 1.82) is 0 Å². The van der Waals surface area contributed by atoms with E-state index in [1.54, 1.807) is 0 Å². The average molecular weight is 301 g/mol. The summed E-state index contributed by atoms with van der Waals surface area (Å²) in [4.78, 5) is 0. The second kappa shape index (κ2) is 8.54. The number of hydrogen-bond acceptors (Lipinski definition) is 1. The van der Waals surface area contributed by atoms with Gasteiger partial charge in [-0.3, -0.25) is 0 Å². The number of nitrogens with two attached hydrogens (primary N) is 1. The summed E-state index contributed by atoms with van der Waals surface area (Å²) in [6.07, 6.45) is 3.60. The number of halogens is 1. The molecule has 0 aliphatic heterocycles. The molecule has 0 aliphatic rings. The summed E-state index contributed by atoms with van der Waals surface area (Å²) >= 11 is 3.41.